The van der Waals surface area contributed by atoms with Gasteiger partial charge >= 0.3 is 0 Å². The number of anilines is 1. The van der Waals surface area contributed by atoms with Gasteiger partial charge in [-0.1, -0.05) is 12.1 Å². The van der Waals surface area contributed by atoms with Gasteiger partial charge in [-0.15, -0.1) is 0 Å². The summed E-state index contributed by atoms with van der Waals surface area (Å²) in [5.41, 5.74) is 1.07. The van der Waals surface area contributed by atoms with E-state index in [4.69, 9.17) is 0 Å². The first-order valence-electron chi connectivity index (χ1n) is 8.13. The molecule has 0 spiro atoms. The third-order valence-corrected chi connectivity index (χ3v) is 3.69. The van der Waals surface area contributed by atoms with Gasteiger partial charge in [0.05, 0.1) is 16.5 Å². The number of hydrogen-bond donors (Lipinski definition) is 3. The zero-order valence-corrected chi connectivity index (χ0v) is 13.9. The molecule has 128 valence electrons. The van der Waals surface area contributed by atoms with Gasteiger partial charge in [0.2, 0.25) is 0 Å². The standard InChI is InChI=1S/C18H19N5O2/c1-2-19-17(24)12-7-8-15(21-11-12)20-10-9-16-22-14-6-4-3-5-13(14)18(25)23-16/h3-8,11H,2,9-10H2,1H3,(H,19,24)(H,20,21)(H,22,23,25). The van der Waals surface area contributed by atoms with Gasteiger partial charge in [-0.3, -0.25) is 9.59 Å². The van der Waals surface area contributed by atoms with E-state index in [1.54, 1.807) is 18.2 Å². The Morgan fingerprint density at radius 2 is 2.04 bits per heavy atom. The summed E-state index contributed by atoms with van der Waals surface area (Å²) >= 11 is 0. The maximum atomic E-state index is 12.0. The van der Waals surface area contributed by atoms with Crippen molar-refractivity contribution in [2.24, 2.45) is 0 Å². The Bertz CT molecular complexity index is 934. The molecule has 0 atom stereocenters. The Kier molecular flexibility index (Phi) is 5.03. The summed E-state index contributed by atoms with van der Waals surface area (Å²) in [5.74, 6) is 1.14. The number of rotatable bonds is 6. The van der Waals surface area contributed by atoms with E-state index < -0.39 is 0 Å². The lowest BCUT2D eigenvalue weighted by molar-refractivity contribution is 0.0955. The quantitative estimate of drug-likeness (QED) is 0.636. The number of amides is 1. The number of carbonyl (C=O) groups is 1. The molecule has 0 unspecified atom stereocenters. The van der Waals surface area contributed by atoms with Crippen molar-refractivity contribution in [1.82, 2.24) is 20.3 Å². The van der Waals surface area contributed by atoms with E-state index >= 15 is 0 Å². The van der Waals surface area contributed by atoms with Crippen molar-refractivity contribution >= 4 is 22.6 Å². The zero-order chi connectivity index (χ0) is 17.6. The van der Waals surface area contributed by atoms with Crippen LogP contribution in [0.25, 0.3) is 10.9 Å². The largest absolute Gasteiger partial charge is 0.370 e. The maximum Gasteiger partial charge on any atom is 0.258 e. The molecule has 0 radical (unpaired) electrons. The van der Waals surface area contributed by atoms with E-state index in [1.165, 1.54) is 6.20 Å². The summed E-state index contributed by atoms with van der Waals surface area (Å²) in [6, 6.07) is 10.7. The lowest BCUT2D eigenvalue weighted by atomic mass is 10.2. The van der Waals surface area contributed by atoms with Crippen molar-refractivity contribution in [2.45, 2.75) is 13.3 Å². The summed E-state index contributed by atoms with van der Waals surface area (Å²) < 4.78 is 0. The fraction of sp³-hybridized carbons (Fsp3) is 0.222. The second-order valence-corrected chi connectivity index (χ2v) is 5.50. The van der Waals surface area contributed by atoms with E-state index in [9.17, 15) is 9.59 Å². The Labute approximate surface area is 144 Å². The maximum absolute atomic E-state index is 12.0. The van der Waals surface area contributed by atoms with E-state index in [1.807, 2.05) is 25.1 Å². The molecule has 2 heterocycles. The first-order chi connectivity index (χ1) is 12.2. The number of pyridine rings is 1. The lowest BCUT2D eigenvalue weighted by Crippen LogP contribution is -2.22. The number of fused-ring (bicyclic) bond motifs is 1. The summed E-state index contributed by atoms with van der Waals surface area (Å²) in [4.78, 5) is 35.2. The van der Waals surface area contributed by atoms with Gasteiger partial charge in [-0.2, -0.15) is 0 Å². The molecule has 1 aromatic carbocycles. The molecule has 0 saturated heterocycles. The molecular weight excluding hydrogens is 318 g/mol. The highest BCUT2D eigenvalue weighted by molar-refractivity contribution is 5.93. The molecular formula is C18H19N5O2. The van der Waals surface area contributed by atoms with Crippen LogP contribution in [0.5, 0.6) is 0 Å². The van der Waals surface area contributed by atoms with Crippen LogP contribution in [-0.2, 0) is 6.42 Å². The number of aromatic amines is 1. The predicted molar refractivity (Wildman–Crippen MR) is 96.8 cm³/mol. The van der Waals surface area contributed by atoms with Gasteiger partial charge in [-0.05, 0) is 31.2 Å². The van der Waals surface area contributed by atoms with Crippen LogP contribution in [0.3, 0.4) is 0 Å². The van der Waals surface area contributed by atoms with Crippen LogP contribution in [0.4, 0.5) is 5.82 Å². The molecule has 25 heavy (non-hydrogen) atoms. The van der Waals surface area contributed by atoms with Crippen molar-refractivity contribution in [3.63, 3.8) is 0 Å². The Morgan fingerprint density at radius 3 is 2.80 bits per heavy atom. The highest BCUT2D eigenvalue weighted by Gasteiger charge is 2.05. The number of nitrogens with one attached hydrogen (secondary N) is 3. The van der Waals surface area contributed by atoms with Gasteiger partial charge in [0.15, 0.2) is 0 Å². The second-order valence-electron chi connectivity index (χ2n) is 5.50. The van der Waals surface area contributed by atoms with Gasteiger partial charge in [0.1, 0.15) is 11.6 Å². The molecule has 2 aromatic heterocycles. The molecule has 0 bridgehead atoms. The summed E-state index contributed by atoms with van der Waals surface area (Å²) in [5, 5.41) is 6.46. The number of aromatic nitrogens is 3. The monoisotopic (exact) mass is 337 g/mol. The van der Waals surface area contributed by atoms with E-state index in [0.717, 1.165) is 0 Å². The number of hydrogen-bond acceptors (Lipinski definition) is 5. The smallest absolute Gasteiger partial charge is 0.258 e. The summed E-state index contributed by atoms with van der Waals surface area (Å²) in [7, 11) is 0. The third-order valence-electron chi connectivity index (χ3n) is 3.69. The molecule has 3 rings (SSSR count). The first-order valence-corrected chi connectivity index (χ1v) is 8.13. The third kappa shape index (κ3) is 4.00. The van der Waals surface area contributed by atoms with Gasteiger partial charge < -0.3 is 15.6 Å². The first kappa shape index (κ1) is 16.6. The number of H-pyrrole nitrogens is 1. The zero-order valence-electron chi connectivity index (χ0n) is 13.9. The molecule has 0 aliphatic carbocycles. The van der Waals surface area contributed by atoms with Gasteiger partial charge in [-0.25, -0.2) is 9.97 Å². The van der Waals surface area contributed by atoms with Crippen molar-refractivity contribution in [2.75, 3.05) is 18.4 Å². The number of para-hydroxylation sites is 1. The fourth-order valence-corrected chi connectivity index (χ4v) is 2.46. The average molecular weight is 337 g/mol. The van der Waals surface area contributed by atoms with Gasteiger partial charge in [0, 0.05) is 25.7 Å². The van der Waals surface area contributed by atoms with Crippen LogP contribution >= 0.6 is 0 Å². The van der Waals surface area contributed by atoms with Crippen LogP contribution in [0, 0.1) is 0 Å². The second kappa shape index (κ2) is 7.57. The molecule has 3 N–H and O–H groups in total. The topological polar surface area (TPSA) is 99.8 Å². The summed E-state index contributed by atoms with van der Waals surface area (Å²) in [6.07, 6.45) is 2.09. The summed E-state index contributed by atoms with van der Waals surface area (Å²) in [6.45, 7) is 3.01. The van der Waals surface area contributed by atoms with Crippen molar-refractivity contribution < 1.29 is 4.79 Å². The van der Waals surface area contributed by atoms with Crippen LogP contribution in [0.1, 0.15) is 23.1 Å². The van der Waals surface area contributed by atoms with Crippen LogP contribution in [0.15, 0.2) is 47.4 Å². The lowest BCUT2D eigenvalue weighted by Gasteiger charge is -2.07. The Morgan fingerprint density at radius 1 is 1.20 bits per heavy atom. The van der Waals surface area contributed by atoms with Gasteiger partial charge in [0.25, 0.3) is 11.5 Å². The number of nitrogens with zero attached hydrogens (tertiary/aromatic N) is 2. The van der Waals surface area contributed by atoms with E-state index in [2.05, 4.69) is 25.6 Å². The van der Waals surface area contributed by atoms with Crippen molar-refractivity contribution in [1.29, 1.82) is 0 Å². The highest BCUT2D eigenvalue weighted by atomic mass is 16.1. The van der Waals surface area contributed by atoms with Crippen LogP contribution in [0.2, 0.25) is 0 Å². The predicted octanol–water partition coefficient (Wildman–Crippen LogP) is 1.72. The number of benzene rings is 1. The normalized spacial score (nSPS) is 10.6. The molecule has 7 nitrogen and oxygen atoms in total. The molecule has 0 aliphatic heterocycles. The molecule has 7 heteroatoms. The molecule has 3 aromatic rings. The fourth-order valence-electron chi connectivity index (χ4n) is 2.46. The average Bonchev–Trinajstić information content (AvgIpc) is 2.62. The van der Waals surface area contributed by atoms with E-state index in [0.29, 0.717) is 47.6 Å². The van der Waals surface area contributed by atoms with Crippen molar-refractivity contribution in [3.05, 3.63) is 64.3 Å². The minimum absolute atomic E-state index is 0.134. The van der Waals surface area contributed by atoms with Crippen molar-refractivity contribution in [3.8, 4) is 0 Å². The van der Waals surface area contributed by atoms with E-state index in [-0.39, 0.29) is 11.5 Å². The van der Waals surface area contributed by atoms with Crippen LogP contribution in [-0.4, -0.2) is 33.9 Å². The molecule has 0 aliphatic rings. The molecule has 0 fully saturated rings. The minimum atomic E-state index is -0.139. The number of carbonyl (C=O) groups excluding carboxylic acids is 1. The Balaban J connectivity index is 1.61. The molecule has 0 saturated carbocycles. The Hall–Kier alpha value is -3.22. The SMILES string of the molecule is CCNC(=O)c1ccc(NCCc2nc3ccccc3c(=O)[nH]2)nc1. The minimum Gasteiger partial charge on any atom is -0.370 e. The molecule has 1 amide bonds. The highest BCUT2D eigenvalue weighted by Crippen LogP contribution is 2.07. The van der Waals surface area contributed by atoms with Crippen LogP contribution < -0.4 is 16.2 Å².